The SMILES string of the molecule is O=C(NCc1ccnc(OCCC(F)(F)F)c1)C1CC(F)CN1S(=O)(=O)c1ccc(F)c(F)c1. The van der Waals surface area contributed by atoms with Gasteiger partial charge < -0.3 is 10.1 Å². The lowest BCUT2D eigenvalue weighted by Crippen LogP contribution is -2.45. The van der Waals surface area contributed by atoms with E-state index in [2.05, 4.69) is 10.3 Å². The summed E-state index contributed by atoms with van der Waals surface area (Å²) in [5.74, 6) is -3.63. The van der Waals surface area contributed by atoms with Gasteiger partial charge in [-0.3, -0.25) is 4.79 Å². The van der Waals surface area contributed by atoms with Crippen molar-refractivity contribution in [2.24, 2.45) is 0 Å². The summed E-state index contributed by atoms with van der Waals surface area (Å²) in [7, 11) is -4.51. The third-order valence-electron chi connectivity index (χ3n) is 4.91. The second kappa shape index (κ2) is 10.2. The van der Waals surface area contributed by atoms with Crippen LogP contribution in [0.2, 0.25) is 0 Å². The lowest BCUT2D eigenvalue weighted by atomic mass is 10.2. The predicted molar refractivity (Wildman–Crippen MR) is 106 cm³/mol. The first-order valence-electron chi connectivity index (χ1n) is 9.90. The summed E-state index contributed by atoms with van der Waals surface area (Å²) in [6.45, 7) is -1.47. The van der Waals surface area contributed by atoms with Crippen LogP contribution < -0.4 is 10.1 Å². The first-order chi connectivity index (χ1) is 15.9. The molecule has 2 heterocycles. The number of nitrogens with zero attached hydrogens (tertiary/aromatic N) is 2. The lowest BCUT2D eigenvalue weighted by Gasteiger charge is -2.23. The number of carbonyl (C=O) groups is 1. The Balaban J connectivity index is 1.67. The maximum Gasteiger partial charge on any atom is 0.392 e. The van der Waals surface area contributed by atoms with E-state index >= 15 is 0 Å². The molecule has 186 valence electrons. The molecule has 0 bridgehead atoms. The Morgan fingerprint density at radius 3 is 2.59 bits per heavy atom. The molecule has 1 fully saturated rings. The normalized spacial score (nSPS) is 19.2. The van der Waals surface area contributed by atoms with Gasteiger partial charge in [-0.2, -0.15) is 17.5 Å². The molecule has 1 N–H and O–H groups in total. The highest BCUT2D eigenvalue weighted by Crippen LogP contribution is 2.29. The van der Waals surface area contributed by atoms with E-state index < -0.39 is 76.8 Å². The van der Waals surface area contributed by atoms with Crippen LogP contribution in [-0.2, 0) is 21.4 Å². The van der Waals surface area contributed by atoms with E-state index in [1.165, 1.54) is 18.3 Å². The molecule has 3 rings (SSSR count). The number of aromatic nitrogens is 1. The fourth-order valence-electron chi connectivity index (χ4n) is 3.25. The number of pyridine rings is 1. The summed E-state index contributed by atoms with van der Waals surface area (Å²) in [5, 5.41) is 2.43. The molecule has 1 aliphatic heterocycles. The predicted octanol–water partition coefficient (Wildman–Crippen LogP) is 3.11. The minimum absolute atomic E-state index is 0.108. The van der Waals surface area contributed by atoms with Gasteiger partial charge >= 0.3 is 6.18 Å². The Hall–Kier alpha value is -2.87. The van der Waals surface area contributed by atoms with Crippen LogP contribution >= 0.6 is 0 Å². The molecule has 1 saturated heterocycles. The third kappa shape index (κ3) is 6.38. The second-order valence-corrected chi connectivity index (χ2v) is 9.32. The van der Waals surface area contributed by atoms with Crippen molar-refractivity contribution < 1.29 is 44.3 Å². The first-order valence-corrected chi connectivity index (χ1v) is 11.3. The zero-order valence-electron chi connectivity index (χ0n) is 17.4. The molecule has 14 heteroatoms. The van der Waals surface area contributed by atoms with E-state index in [0.29, 0.717) is 22.0 Å². The molecule has 0 radical (unpaired) electrons. The smallest absolute Gasteiger partial charge is 0.392 e. The Morgan fingerprint density at radius 1 is 1.18 bits per heavy atom. The molecule has 1 aromatic carbocycles. The monoisotopic (exact) mass is 511 g/mol. The molecule has 1 amide bonds. The van der Waals surface area contributed by atoms with Crippen molar-refractivity contribution in [2.75, 3.05) is 13.2 Å². The van der Waals surface area contributed by atoms with Gasteiger partial charge in [-0.25, -0.2) is 26.6 Å². The number of hydrogen-bond donors (Lipinski definition) is 1. The van der Waals surface area contributed by atoms with E-state index in [0.717, 1.165) is 6.07 Å². The van der Waals surface area contributed by atoms with Crippen LogP contribution in [0.5, 0.6) is 5.88 Å². The lowest BCUT2D eigenvalue weighted by molar-refractivity contribution is -0.139. The third-order valence-corrected chi connectivity index (χ3v) is 6.78. The largest absolute Gasteiger partial charge is 0.477 e. The number of ether oxygens (including phenoxy) is 1. The van der Waals surface area contributed by atoms with Gasteiger partial charge in [-0.15, -0.1) is 0 Å². The Morgan fingerprint density at radius 2 is 1.91 bits per heavy atom. The second-order valence-electron chi connectivity index (χ2n) is 7.43. The molecule has 0 aliphatic carbocycles. The molecule has 34 heavy (non-hydrogen) atoms. The zero-order chi connectivity index (χ0) is 25.1. The number of hydrogen-bond acceptors (Lipinski definition) is 5. The van der Waals surface area contributed by atoms with Crippen LogP contribution in [-0.4, -0.2) is 55.2 Å². The average molecular weight is 511 g/mol. The van der Waals surface area contributed by atoms with Crippen molar-refractivity contribution in [1.82, 2.24) is 14.6 Å². The van der Waals surface area contributed by atoms with Crippen LogP contribution in [0.3, 0.4) is 0 Å². The van der Waals surface area contributed by atoms with Crippen LogP contribution in [0.15, 0.2) is 41.4 Å². The maximum absolute atomic E-state index is 14.1. The van der Waals surface area contributed by atoms with Crippen molar-refractivity contribution in [3.8, 4) is 5.88 Å². The van der Waals surface area contributed by atoms with Crippen molar-refractivity contribution in [3.05, 3.63) is 53.7 Å². The van der Waals surface area contributed by atoms with E-state index in [4.69, 9.17) is 4.74 Å². The number of alkyl halides is 4. The Kier molecular flexibility index (Phi) is 7.70. The van der Waals surface area contributed by atoms with E-state index in [-0.39, 0.29) is 12.4 Å². The van der Waals surface area contributed by atoms with E-state index in [9.17, 15) is 39.6 Å². The average Bonchev–Trinajstić information content (AvgIpc) is 3.16. The zero-order valence-corrected chi connectivity index (χ0v) is 18.2. The quantitative estimate of drug-likeness (QED) is 0.551. The molecule has 0 saturated carbocycles. The molecule has 0 spiro atoms. The summed E-state index contributed by atoms with van der Waals surface area (Å²) in [5.41, 5.74) is 0.384. The van der Waals surface area contributed by atoms with Gasteiger partial charge in [0.2, 0.25) is 21.8 Å². The Labute approximate surface area is 190 Å². The maximum atomic E-state index is 14.1. The molecular formula is C20H19F6N3O4S. The molecule has 2 atom stereocenters. The summed E-state index contributed by atoms with van der Waals surface area (Å²) < 4.78 is 109. The van der Waals surface area contributed by atoms with Crippen molar-refractivity contribution in [1.29, 1.82) is 0 Å². The van der Waals surface area contributed by atoms with Crippen LogP contribution in [0, 0.1) is 11.6 Å². The van der Waals surface area contributed by atoms with Gasteiger partial charge in [0.25, 0.3) is 0 Å². The molecule has 1 aliphatic rings. The highest BCUT2D eigenvalue weighted by molar-refractivity contribution is 7.89. The summed E-state index contributed by atoms with van der Waals surface area (Å²) in [4.78, 5) is 15.8. The summed E-state index contributed by atoms with van der Waals surface area (Å²) >= 11 is 0. The van der Waals surface area contributed by atoms with Gasteiger partial charge in [0.1, 0.15) is 12.2 Å². The minimum atomic E-state index is -4.51. The van der Waals surface area contributed by atoms with E-state index in [1.807, 2.05) is 0 Å². The van der Waals surface area contributed by atoms with Gasteiger partial charge in [-0.1, -0.05) is 0 Å². The van der Waals surface area contributed by atoms with Crippen molar-refractivity contribution >= 4 is 15.9 Å². The molecule has 1 aromatic heterocycles. The number of benzene rings is 1. The first kappa shape index (κ1) is 25.7. The number of amides is 1. The number of rotatable bonds is 8. The standard InChI is InChI=1S/C20H19F6N3O4S/c21-13-8-17(29(11-13)34(31,32)14-1-2-15(22)16(23)9-14)19(30)28-10-12-3-5-27-18(7-12)33-6-4-20(24,25)26/h1-3,5,7,9,13,17H,4,6,8,10-11H2,(H,28,30). The molecule has 2 aromatic rings. The molecular weight excluding hydrogens is 492 g/mol. The van der Waals surface area contributed by atoms with Gasteiger partial charge in [-0.05, 0) is 29.8 Å². The van der Waals surface area contributed by atoms with Crippen molar-refractivity contribution in [2.45, 2.75) is 42.7 Å². The number of sulfonamides is 1. The Bertz CT molecular complexity index is 1150. The van der Waals surface area contributed by atoms with E-state index in [1.54, 1.807) is 0 Å². The molecule has 7 nitrogen and oxygen atoms in total. The minimum Gasteiger partial charge on any atom is -0.477 e. The summed E-state index contributed by atoms with van der Waals surface area (Å²) in [6.07, 6.45) is -6.43. The fraction of sp³-hybridized carbons (Fsp3) is 0.400. The van der Waals surface area contributed by atoms with Gasteiger partial charge in [0, 0.05) is 31.8 Å². The van der Waals surface area contributed by atoms with Gasteiger partial charge in [0.15, 0.2) is 11.6 Å². The van der Waals surface area contributed by atoms with Crippen LogP contribution in [0.25, 0.3) is 0 Å². The van der Waals surface area contributed by atoms with Gasteiger partial charge in [0.05, 0.1) is 17.9 Å². The highest BCUT2D eigenvalue weighted by atomic mass is 32.2. The highest BCUT2D eigenvalue weighted by Gasteiger charge is 2.44. The van der Waals surface area contributed by atoms with Crippen LogP contribution in [0.1, 0.15) is 18.4 Å². The molecule has 2 unspecified atom stereocenters. The fourth-order valence-corrected chi connectivity index (χ4v) is 4.89. The number of halogens is 6. The topological polar surface area (TPSA) is 88.6 Å². The number of carbonyl (C=O) groups excluding carboxylic acids is 1. The van der Waals surface area contributed by atoms with Crippen molar-refractivity contribution in [3.63, 3.8) is 0 Å². The van der Waals surface area contributed by atoms with Crippen LogP contribution in [0.4, 0.5) is 26.3 Å². The number of nitrogens with one attached hydrogen (secondary N) is 1. The summed E-state index contributed by atoms with van der Waals surface area (Å²) in [6, 6.07) is 3.15.